The minimum absolute atomic E-state index is 0.170. The van der Waals surface area contributed by atoms with Gasteiger partial charge in [0.05, 0.1) is 17.7 Å². The van der Waals surface area contributed by atoms with Crippen molar-refractivity contribution < 1.29 is 19.1 Å². The van der Waals surface area contributed by atoms with Crippen LogP contribution in [0.3, 0.4) is 0 Å². The van der Waals surface area contributed by atoms with E-state index in [-0.39, 0.29) is 6.61 Å². The predicted octanol–water partition coefficient (Wildman–Crippen LogP) is 6.58. The van der Waals surface area contributed by atoms with Gasteiger partial charge in [-0.2, -0.15) is 0 Å². The van der Waals surface area contributed by atoms with E-state index in [1.807, 2.05) is 30.3 Å². The van der Waals surface area contributed by atoms with Crippen LogP contribution < -0.4 is 9.47 Å². The molecule has 0 fully saturated rings. The molecule has 0 aliphatic carbocycles. The van der Waals surface area contributed by atoms with Crippen LogP contribution in [0.5, 0.6) is 11.5 Å². The van der Waals surface area contributed by atoms with Crippen molar-refractivity contribution >= 4 is 52.6 Å². The fourth-order valence-corrected chi connectivity index (χ4v) is 3.87. The van der Waals surface area contributed by atoms with Gasteiger partial charge < -0.3 is 14.3 Å². The summed E-state index contributed by atoms with van der Waals surface area (Å²) in [7, 11) is 1.51. The van der Waals surface area contributed by atoms with Gasteiger partial charge in [0, 0.05) is 21.2 Å². The largest absolute Gasteiger partial charge is 0.493 e. The van der Waals surface area contributed by atoms with E-state index in [9.17, 15) is 4.79 Å². The van der Waals surface area contributed by atoms with Crippen LogP contribution in [0.15, 0.2) is 71.4 Å². The van der Waals surface area contributed by atoms with Gasteiger partial charge in [-0.25, -0.2) is 4.79 Å². The number of benzene rings is 3. The molecule has 0 bridgehead atoms. The zero-order valence-corrected chi connectivity index (χ0v) is 19.0. The van der Waals surface area contributed by atoms with Gasteiger partial charge in [-0.3, -0.25) is 0 Å². The zero-order chi connectivity index (χ0) is 22.7. The molecule has 0 spiro atoms. The lowest BCUT2D eigenvalue weighted by atomic mass is 10.0. The van der Waals surface area contributed by atoms with E-state index in [4.69, 9.17) is 49.1 Å². The average Bonchev–Trinajstić information content (AvgIpc) is 3.14. The van der Waals surface area contributed by atoms with Crippen molar-refractivity contribution in [3.63, 3.8) is 0 Å². The van der Waals surface area contributed by atoms with Crippen molar-refractivity contribution in [2.45, 2.75) is 6.61 Å². The summed E-state index contributed by atoms with van der Waals surface area (Å²) in [5.41, 5.74) is 2.90. The van der Waals surface area contributed by atoms with E-state index in [0.717, 1.165) is 11.1 Å². The van der Waals surface area contributed by atoms with E-state index in [0.29, 0.717) is 43.4 Å². The lowest BCUT2D eigenvalue weighted by molar-refractivity contribution is -0.136. The standard InChI is InChI=1S/C24H16Cl3NO4/c1-30-21-11-14(9-18-22(28-32-24(18)29)15-5-3-2-4-6-15)10-20(27)23(21)31-13-16-7-8-17(25)12-19(16)26/h2-12H,13H2,1H3/b18-9-. The molecule has 3 aromatic rings. The van der Waals surface area contributed by atoms with Crippen molar-refractivity contribution in [2.75, 3.05) is 7.11 Å². The highest BCUT2D eigenvalue weighted by Crippen LogP contribution is 2.38. The molecule has 0 radical (unpaired) electrons. The fourth-order valence-electron chi connectivity index (χ4n) is 3.13. The molecular weight excluding hydrogens is 473 g/mol. The van der Waals surface area contributed by atoms with Crippen molar-refractivity contribution in [1.29, 1.82) is 0 Å². The summed E-state index contributed by atoms with van der Waals surface area (Å²) in [6.07, 6.45) is 1.65. The molecule has 4 rings (SSSR count). The molecule has 0 saturated carbocycles. The Morgan fingerprint density at radius 2 is 1.78 bits per heavy atom. The van der Waals surface area contributed by atoms with Crippen LogP contribution in [0.1, 0.15) is 16.7 Å². The molecule has 0 atom stereocenters. The second-order valence-electron chi connectivity index (χ2n) is 6.80. The normalized spacial score (nSPS) is 14.3. The van der Waals surface area contributed by atoms with Gasteiger partial charge in [0.15, 0.2) is 11.5 Å². The van der Waals surface area contributed by atoms with Gasteiger partial charge in [0.25, 0.3) is 0 Å². The van der Waals surface area contributed by atoms with Gasteiger partial charge >= 0.3 is 5.97 Å². The van der Waals surface area contributed by atoms with Crippen LogP contribution in [0.4, 0.5) is 0 Å². The smallest absolute Gasteiger partial charge is 0.368 e. The van der Waals surface area contributed by atoms with Gasteiger partial charge in [-0.1, -0.05) is 76.4 Å². The number of carbonyl (C=O) groups excluding carboxylic acids is 1. The van der Waals surface area contributed by atoms with Gasteiger partial charge in [-0.05, 0) is 35.9 Å². The van der Waals surface area contributed by atoms with Gasteiger partial charge in [-0.15, -0.1) is 0 Å². The Hall–Kier alpha value is -2.99. The number of oxime groups is 1. The van der Waals surface area contributed by atoms with Crippen LogP contribution in [0.25, 0.3) is 6.08 Å². The number of rotatable bonds is 6. The highest BCUT2D eigenvalue weighted by molar-refractivity contribution is 6.35. The molecular formula is C24H16Cl3NO4. The molecule has 5 nitrogen and oxygen atoms in total. The Kier molecular flexibility index (Phi) is 6.70. The first kappa shape index (κ1) is 22.2. The van der Waals surface area contributed by atoms with Crippen LogP contribution in [-0.2, 0) is 16.2 Å². The maximum absolute atomic E-state index is 12.3. The third-order valence-electron chi connectivity index (χ3n) is 4.69. The maximum atomic E-state index is 12.3. The number of hydrogen-bond donors (Lipinski definition) is 0. The molecule has 0 saturated heterocycles. The minimum Gasteiger partial charge on any atom is -0.493 e. The summed E-state index contributed by atoms with van der Waals surface area (Å²) in [6, 6.07) is 17.8. The Bertz CT molecular complexity index is 1240. The average molecular weight is 489 g/mol. The summed E-state index contributed by atoms with van der Waals surface area (Å²) in [5, 5.41) is 5.25. The monoisotopic (exact) mass is 487 g/mol. The van der Waals surface area contributed by atoms with Crippen molar-refractivity contribution in [2.24, 2.45) is 5.16 Å². The second kappa shape index (κ2) is 9.65. The van der Waals surface area contributed by atoms with E-state index in [1.54, 1.807) is 36.4 Å². The number of methoxy groups -OCH3 is 1. The van der Waals surface area contributed by atoms with Crippen molar-refractivity contribution in [3.8, 4) is 11.5 Å². The first-order chi connectivity index (χ1) is 15.5. The summed E-state index contributed by atoms with van der Waals surface area (Å²) in [5.74, 6) is 0.212. The topological polar surface area (TPSA) is 57.1 Å². The molecule has 1 aliphatic heterocycles. The maximum Gasteiger partial charge on any atom is 0.368 e. The number of nitrogens with zero attached hydrogens (tertiary/aromatic N) is 1. The molecule has 0 aromatic heterocycles. The van der Waals surface area contributed by atoms with Gasteiger partial charge in [0.1, 0.15) is 12.3 Å². The van der Waals surface area contributed by atoms with Crippen molar-refractivity contribution in [3.05, 3.63) is 98.0 Å². The Labute approximate surface area is 199 Å². The third-order valence-corrected chi connectivity index (χ3v) is 5.56. The second-order valence-corrected chi connectivity index (χ2v) is 8.05. The fraction of sp³-hybridized carbons (Fsp3) is 0.0833. The third kappa shape index (κ3) is 4.75. The Balaban J connectivity index is 1.63. The lowest BCUT2D eigenvalue weighted by Crippen LogP contribution is -2.06. The van der Waals surface area contributed by atoms with E-state index < -0.39 is 5.97 Å². The van der Waals surface area contributed by atoms with Gasteiger partial charge in [0.2, 0.25) is 0 Å². The Morgan fingerprint density at radius 1 is 1.00 bits per heavy atom. The van der Waals surface area contributed by atoms with Crippen LogP contribution in [0, 0.1) is 0 Å². The summed E-state index contributed by atoms with van der Waals surface area (Å²) in [4.78, 5) is 17.2. The molecule has 32 heavy (non-hydrogen) atoms. The number of hydrogen-bond acceptors (Lipinski definition) is 5. The molecule has 0 N–H and O–H groups in total. The SMILES string of the molecule is COc1cc(/C=C2\C(=O)ON=C2c2ccccc2)cc(Cl)c1OCc1ccc(Cl)cc1Cl. The Morgan fingerprint density at radius 3 is 2.50 bits per heavy atom. The molecule has 1 aliphatic rings. The lowest BCUT2D eigenvalue weighted by Gasteiger charge is -2.14. The van der Waals surface area contributed by atoms with Crippen LogP contribution in [-0.4, -0.2) is 18.8 Å². The van der Waals surface area contributed by atoms with Crippen LogP contribution in [0.2, 0.25) is 15.1 Å². The minimum atomic E-state index is -0.545. The number of halogens is 3. The first-order valence-corrected chi connectivity index (χ1v) is 10.6. The van der Waals surface area contributed by atoms with Crippen molar-refractivity contribution in [1.82, 2.24) is 0 Å². The van der Waals surface area contributed by atoms with E-state index in [2.05, 4.69) is 5.16 Å². The molecule has 0 unspecified atom stereocenters. The van der Waals surface area contributed by atoms with Crippen LogP contribution >= 0.6 is 34.8 Å². The summed E-state index contributed by atoms with van der Waals surface area (Å²) >= 11 is 18.6. The molecule has 3 aromatic carbocycles. The highest BCUT2D eigenvalue weighted by atomic mass is 35.5. The van der Waals surface area contributed by atoms with E-state index >= 15 is 0 Å². The molecule has 1 heterocycles. The first-order valence-electron chi connectivity index (χ1n) is 9.47. The predicted molar refractivity (Wildman–Crippen MR) is 126 cm³/mol. The summed E-state index contributed by atoms with van der Waals surface area (Å²) < 4.78 is 11.3. The summed E-state index contributed by atoms with van der Waals surface area (Å²) in [6.45, 7) is 0.170. The quantitative estimate of drug-likeness (QED) is 0.290. The molecule has 8 heteroatoms. The zero-order valence-electron chi connectivity index (χ0n) is 16.8. The van der Waals surface area contributed by atoms with E-state index in [1.165, 1.54) is 7.11 Å². The molecule has 162 valence electrons. The highest BCUT2D eigenvalue weighted by Gasteiger charge is 2.27. The number of carbonyl (C=O) groups is 1. The number of ether oxygens (including phenoxy) is 2. The molecule has 0 amide bonds.